The average Bonchev–Trinajstić information content (AvgIpc) is 3.44. The van der Waals surface area contributed by atoms with Crippen molar-refractivity contribution in [1.82, 2.24) is 5.01 Å². The minimum Gasteiger partial charge on any atom is -0.493 e. The zero-order chi connectivity index (χ0) is 25.7. The summed E-state index contributed by atoms with van der Waals surface area (Å²) in [7, 11) is 2.98. The summed E-state index contributed by atoms with van der Waals surface area (Å²) in [6, 6.07) is 12.3. The first-order chi connectivity index (χ1) is 17.5. The largest absolute Gasteiger partial charge is 0.493 e. The van der Waals surface area contributed by atoms with Gasteiger partial charge >= 0.3 is 5.97 Å². The van der Waals surface area contributed by atoms with Crippen LogP contribution in [0.1, 0.15) is 73.1 Å². The van der Waals surface area contributed by atoms with Crippen LogP contribution in [0.2, 0.25) is 0 Å². The lowest BCUT2D eigenvalue weighted by Gasteiger charge is -2.38. The highest BCUT2D eigenvalue weighted by Gasteiger charge is 2.34. The van der Waals surface area contributed by atoms with Gasteiger partial charge in [-0.3, -0.25) is 5.01 Å². The lowest BCUT2D eigenvalue weighted by Crippen LogP contribution is -2.46. The van der Waals surface area contributed by atoms with Gasteiger partial charge in [0, 0.05) is 11.5 Å². The molecule has 36 heavy (non-hydrogen) atoms. The molecule has 1 fully saturated rings. The Morgan fingerprint density at radius 2 is 1.94 bits per heavy atom. The van der Waals surface area contributed by atoms with E-state index in [-0.39, 0.29) is 12.0 Å². The topological polar surface area (TPSA) is 103 Å². The third-order valence-electron chi connectivity index (χ3n) is 7.12. The van der Waals surface area contributed by atoms with E-state index in [0.717, 1.165) is 36.8 Å². The van der Waals surface area contributed by atoms with E-state index in [1.807, 2.05) is 24.3 Å². The van der Waals surface area contributed by atoms with Crippen molar-refractivity contribution in [3.05, 3.63) is 59.2 Å². The van der Waals surface area contributed by atoms with Crippen molar-refractivity contribution in [2.75, 3.05) is 14.2 Å². The van der Waals surface area contributed by atoms with Crippen LogP contribution < -0.4 is 15.2 Å². The molecule has 0 aromatic heterocycles. The van der Waals surface area contributed by atoms with E-state index in [4.69, 9.17) is 25.0 Å². The Morgan fingerprint density at radius 3 is 2.61 bits per heavy atom. The number of carbonyl (C=O) groups is 2. The maximum atomic E-state index is 12.1. The first-order valence-corrected chi connectivity index (χ1v) is 12.6. The zero-order valence-electron chi connectivity index (χ0n) is 21.2. The normalized spacial score (nSPS) is 21.0. The highest BCUT2D eigenvalue weighted by molar-refractivity contribution is 6.03. The van der Waals surface area contributed by atoms with Crippen LogP contribution in [-0.4, -0.2) is 49.3 Å². The number of methoxy groups -OCH3 is 2. The van der Waals surface area contributed by atoms with E-state index < -0.39 is 18.2 Å². The number of carbonyl (C=O) groups excluding carboxylic acids is 2. The van der Waals surface area contributed by atoms with Gasteiger partial charge in [0.1, 0.15) is 18.5 Å². The Bertz CT molecular complexity index is 1110. The van der Waals surface area contributed by atoms with Crippen molar-refractivity contribution in [3.63, 3.8) is 0 Å². The van der Waals surface area contributed by atoms with E-state index >= 15 is 0 Å². The summed E-state index contributed by atoms with van der Waals surface area (Å²) in [6.07, 6.45) is 6.22. The van der Waals surface area contributed by atoms with Crippen molar-refractivity contribution >= 4 is 18.0 Å². The summed E-state index contributed by atoms with van der Waals surface area (Å²) in [5.74, 6) is 1.03. The second kappa shape index (κ2) is 11.6. The van der Waals surface area contributed by atoms with Gasteiger partial charge in [-0.1, -0.05) is 19.1 Å². The quantitative estimate of drug-likeness (QED) is 0.406. The van der Waals surface area contributed by atoms with Crippen LogP contribution in [0.4, 0.5) is 0 Å². The van der Waals surface area contributed by atoms with Crippen LogP contribution in [0.25, 0.3) is 0 Å². The number of nitrogens with zero attached hydrogens (tertiary/aromatic N) is 2. The van der Waals surface area contributed by atoms with Gasteiger partial charge in [-0.05, 0) is 74.4 Å². The van der Waals surface area contributed by atoms with E-state index in [1.54, 1.807) is 30.3 Å². The van der Waals surface area contributed by atoms with Gasteiger partial charge in [0.05, 0.1) is 31.6 Å². The molecule has 8 nitrogen and oxygen atoms in total. The molecule has 1 heterocycles. The predicted octanol–water partition coefficient (Wildman–Crippen LogP) is 4.46. The maximum Gasteiger partial charge on any atom is 0.337 e. The fourth-order valence-corrected chi connectivity index (χ4v) is 5.07. The van der Waals surface area contributed by atoms with Gasteiger partial charge < -0.3 is 24.7 Å². The van der Waals surface area contributed by atoms with Crippen LogP contribution in [0.3, 0.4) is 0 Å². The molecule has 0 amide bonds. The smallest absolute Gasteiger partial charge is 0.337 e. The summed E-state index contributed by atoms with van der Waals surface area (Å²) < 4.78 is 16.7. The van der Waals surface area contributed by atoms with Crippen LogP contribution in [0.5, 0.6) is 11.5 Å². The standard InChI is InChI=1S/C28H35N3O5/c1-4-18-15-22(17-32)31(27(29)20-8-7-9-21(14-20)28(33)35-3)30-26(18)19-12-13-24(34-2)25(16-19)36-23-10-5-6-11-23/h7-9,12-14,16-18,22-23,27H,4-6,10-11,15,29H2,1-3H3. The van der Waals surface area contributed by atoms with Crippen molar-refractivity contribution < 1.29 is 23.8 Å². The van der Waals surface area contributed by atoms with Gasteiger partial charge in [0.2, 0.25) is 0 Å². The monoisotopic (exact) mass is 493 g/mol. The summed E-state index contributed by atoms with van der Waals surface area (Å²) in [4.78, 5) is 24.1. The van der Waals surface area contributed by atoms with Crippen molar-refractivity contribution in [2.45, 2.75) is 63.8 Å². The molecule has 1 aliphatic carbocycles. The van der Waals surface area contributed by atoms with Gasteiger partial charge in [-0.15, -0.1) is 0 Å². The molecular weight excluding hydrogens is 458 g/mol. The lowest BCUT2D eigenvalue weighted by atomic mass is 9.87. The summed E-state index contributed by atoms with van der Waals surface area (Å²) >= 11 is 0. The third-order valence-corrected chi connectivity index (χ3v) is 7.12. The number of ether oxygens (including phenoxy) is 3. The van der Waals surface area contributed by atoms with Crippen molar-refractivity contribution in [3.8, 4) is 11.5 Å². The molecule has 0 bridgehead atoms. The number of aldehydes is 1. The predicted molar refractivity (Wildman–Crippen MR) is 137 cm³/mol. The number of esters is 1. The lowest BCUT2D eigenvalue weighted by molar-refractivity contribution is -0.114. The van der Waals surface area contributed by atoms with Crippen molar-refractivity contribution in [2.24, 2.45) is 16.8 Å². The summed E-state index contributed by atoms with van der Waals surface area (Å²) in [5.41, 5.74) is 9.46. The van der Waals surface area contributed by atoms with E-state index in [2.05, 4.69) is 6.92 Å². The van der Waals surface area contributed by atoms with Gasteiger partial charge in [0.15, 0.2) is 11.5 Å². The van der Waals surface area contributed by atoms with Crippen LogP contribution in [-0.2, 0) is 9.53 Å². The van der Waals surface area contributed by atoms with E-state index in [1.165, 1.54) is 20.0 Å². The molecule has 0 saturated heterocycles. The molecule has 0 spiro atoms. The molecule has 8 heteroatoms. The maximum absolute atomic E-state index is 12.1. The molecule has 2 N–H and O–H groups in total. The number of hydrogen-bond donors (Lipinski definition) is 1. The molecule has 2 aliphatic rings. The minimum atomic E-state index is -0.718. The molecule has 4 rings (SSSR count). The zero-order valence-corrected chi connectivity index (χ0v) is 21.2. The summed E-state index contributed by atoms with van der Waals surface area (Å²) in [5, 5.41) is 6.58. The minimum absolute atomic E-state index is 0.0813. The first-order valence-electron chi connectivity index (χ1n) is 12.6. The Hall–Kier alpha value is -3.39. The van der Waals surface area contributed by atoms with Crippen molar-refractivity contribution in [1.29, 1.82) is 0 Å². The molecule has 2 aromatic carbocycles. The molecule has 1 aliphatic heterocycles. The molecule has 3 unspecified atom stereocenters. The van der Waals surface area contributed by atoms with Gasteiger partial charge in [-0.25, -0.2) is 4.79 Å². The Morgan fingerprint density at radius 1 is 1.17 bits per heavy atom. The Balaban J connectivity index is 1.70. The number of hydrogen-bond acceptors (Lipinski definition) is 8. The van der Waals surface area contributed by atoms with Crippen LogP contribution in [0, 0.1) is 5.92 Å². The van der Waals surface area contributed by atoms with Gasteiger partial charge in [0.25, 0.3) is 0 Å². The first kappa shape index (κ1) is 25.7. The SMILES string of the molecule is CCC1CC(C=O)N(C(N)c2cccc(C(=O)OC)c2)N=C1c1ccc(OC)c(OC2CCCC2)c1. The Kier molecular flexibility index (Phi) is 8.25. The molecular formula is C28H35N3O5. The number of benzene rings is 2. The second-order valence-corrected chi connectivity index (χ2v) is 9.36. The number of rotatable bonds is 9. The third kappa shape index (κ3) is 5.38. The average molecular weight is 494 g/mol. The fraction of sp³-hybridized carbons (Fsp3) is 0.464. The molecule has 2 aromatic rings. The van der Waals surface area contributed by atoms with Crippen LogP contribution in [0.15, 0.2) is 47.6 Å². The second-order valence-electron chi connectivity index (χ2n) is 9.36. The van der Waals surface area contributed by atoms with Gasteiger partial charge in [-0.2, -0.15) is 5.10 Å². The fourth-order valence-electron chi connectivity index (χ4n) is 5.07. The number of nitrogens with two attached hydrogens (primary N) is 1. The molecule has 3 atom stereocenters. The van der Waals surface area contributed by atoms with E-state index in [9.17, 15) is 9.59 Å². The highest BCUT2D eigenvalue weighted by atomic mass is 16.5. The number of hydrazone groups is 1. The molecule has 1 saturated carbocycles. The molecule has 192 valence electrons. The van der Waals surface area contributed by atoms with E-state index in [0.29, 0.717) is 29.0 Å². The summed E-state index contributed by atoms with van der Waals surface area (Å²) in [6.45, 7) is 2.09. The molecule has 0 radical (unpaired) electrons. The Labute approximate surface area is 212 Å². The highest BCUT2D eigenvalue weighted by Crippen LogP contribution is 2.36. The van der Waals surface area contributed by atoms with Crippen LogP contribution >= 0.6 is 0 Å².